The zero-order chi connectivity index (χ0) is 18.4. The molecule has 9 heteroatoms. The predicted molar refractivity (Wildman–Crippen MR) is 96.6 cm³/mol. The van der Waals surface area contributed by atoms with Crippen molar-refractivity contribution >= 4 is 39.1 Å². The third-order valence-corrected chi connectivity index (χ3v) is 4.84. The molecule has 0 bridgehead atoms. The first-order valence-corrected chi connectivity index (χ1v) is 9.17. The van der Waals surface area contributed by atoms with Crippen LogP contribution in [-0.4, -0.2) is 49.2 Å². The molecule has 1 saturated heterocycles. The number of imidazole rings is 1. The highest BCUT2D eigenvalue weighted by atomic mass is 79.9. The largest absolute Gasteiger partial charge is 0.444 e. The van der Waals surface area contributed by atoms with Crippen molar-refractivity contribution in [3.05, 3.63) is 28.0 Å². The van der Waals surface area contributed by atoms with Crippen molar-refractivity contribution in [2.45, 2.75) is 44.8 Å². The van der Waals surface area contributed by atoms with E-state index in [0.29, 0.717) is 35.3 Å². The molecular formula is C16H20BrClN4O3. The van der Waals surface area contributed by atoms with E-state index in [-0.39, 0.29) is 11.7 Å². The van der Waals surface area contributed by atoms with E-state index in [9.17, 15) is 9.90 Å². The van der Waals surface area contributed by atoms with Crippen molar-refractivity contribution in [2.24, 2.45) is 0 Å². The van der Waals surface area contributed by atoms with Crippen LogP contribution in [-0.2, 0) is 10.3 Å². The lowest BCUT2D eigenvalue weighted by molar-refractivity contribution is -0.0518. The number of amides is 1. The van der Waals surface area contributed by atoms with Gasteiger partial charge in [0, 0.05) is 18.9 Å². The van der Waals surface area contributed by atoms with E-state index < -0.39 is 17.3 Å². The van der Waals surface area contributed by atoms with Gasteiger partial charge in [-0.15, -0.1) is 0 Å². The number of ether oxygens (including phenoxy) is 1. The number of fused-ring (bicyclic) bond motifs is 1. The summed E-state index contributed by atoms with van der Waals surface area (Å²) in [5.41, 5.74) is -1.30. The van der Waals surface area contributed by atoms with Crippen LogP contribution < -0.4 is 0 Å². The zero-order valence-corrected chi connectivity index (χ0v) is 16.6. The summed E-state index contributed by atoms with van der Waals surface area (Å²) in [7, 11) is 0. The summed E-state index contributed by atoms with van der Waals surface area (Å²) in [6.07, 6.45) is 3.92. The number of aliphatic hydroxyl groups is 1. The third kappa shape index (κ3) is 3.61. The van der Waals surface area contributed by atoms with E-state index in [2.05, 4.69) is 25.9 Å². The Kier molecular flexibility index (Phi) is 4.72. The first-order valence-electron chi connectivity index (χ1n) is 7.99. The van der Waals surface area contributed by atoms with Gasteiger partial charge in [-0.2, -0.15) is 0 Å². The van der Waals surface area contributed by atoms with Crippen molar-refractivity contribution < 1.29 is 14.6 Å². The molecule has 7 nitrogen and oxygen atoms in total. The molecule has 3 heterocycles. The van der Waals surface area contributed by atoms with Crippen molar-refractivity contribution in [3.63, 3.8) is 0 Å². The molecule has 0 saturated carbocycles. The molecule has 1 atom stereocenters. The first kappa shape index (κ1) is 18.4. The van der Waals surface area contributed by atoms with Crippen LogP contribution in [0.1, 0.15) is 39.4 Å². The molecule has 1 fully saturated rings. The molecule has 0 spiro atoms. The average Bonchev–Trinajstić information content (AvgIpc) is 2.85. The lowest BCUT2D eigenvalue weighted by Gasteiger charge is -2.38. The Bertz CT molecular complexity index is 820. The molecule has 2 aromatic heterocycles. The van der Waals surface area contributed by atoms with Gasteiger partial charge < -0.3 is 14.7 Å². The Hall–Kier alpha value is -1.38. The highest BCUT2D eigenvalue weighted by Gasteiger charge is 2.41. The average molecular weight is 432 g/mol. The van der Waals surface area contributed by atoms with E-state index in [1.807, 2.05) is 20.8 Å². The van der Waals surface area contributed by atoms with Crippen molar-refractivity contribution in [2.75, 3.05) is 13.1 Å². The Morgan fingerprint density at radius 1 is 1.48 bits per heavy atom. The molecule has 1 aliphatic rings. The molecule has 1 unspecified atom stereocenters. The summed E-state index contributed by atoms with van der Waals surface area (Å²) in [6, 6.07) is 0. The predicted octanol–water partition coefficient (Wildman–Crippen LogP) is 3.36. The van der Waals surface area contributed by atoms with Gasteiger partial charge in [-0.3, -0.25) is 4.40 Å². The minimum Gasteiger partial charge on any atom is -0.444 e. The summed E-state index contributed by atoms with van der Waals surface area (Å²) in [4.78, 5) is 22.4. The summed E-state index contributed by atoms with van der Waals surface area (Å²) in [6.45, 7) is 6.08. The Labute approximate surface area is 159 Å². The van der Waals surface area contributed by atoms with Gasteiger partial charge in [0.1, 0.15) is 27.1 Å². The van der Waals surface area contributed by atoms with Crippen LogP contribution in [0.15, 0.2) is 17.0 Å². The molecule has 136 valence electrons. The molecule has 1 aliphatic heterocycles. The number of carbonyl (C=O) groups is 1. The Balaban J connectivity index is 1.94. The number of β-amino-alcohol motifs (C(OH)–C–C–N with tert-alkyl or cyclic N) is 1. The quantitative estimate of drug-likeness (QED) is 0.749. The summed E-state index contributed by atoms with van der Waals surface area (Å²) >= 11 is 9.51. The summed E-state index contributed by atoms with van der Waals surface area (Å²) < 4.78 is 7.64. The first-order chi connectivity index (χ1) is 11.6. The highest BCUT2D eigenvalue weighted by molar-refractivity contribution is 9.10. The fourth-order valence-corrected chi connectivity index (χ4v) is 3.89. The second-order valence-electron chi connectivity index (χ2n) is 7.20. The number of halogens is 2. The maximum atomic E-state index is 12.4. The van der Waals surface area contributed by atoms with Gasteiger partial charge in [0.2, 0.25) is 0 Å². The fraction of sp³-hybridized carbons (Fsp3) is 0.562. The highest BCUT2D eigenvalue weighted by Crippen LogP contribution is 2.35. The lowest BCUT2D eigenvalue weighted by atomic mass is 9.92. The number of piperidine rings is 1. The van der Waals surface area contributed by atoms with Gasteiger partial charge in [0.15, 0.2) is 5.15 Å². The van der Waals surface area contributed by atoms with Crippen molar-refractivity contribution in [1.82, 2.24) is 19.3 Å². The number of hydrogen-bond acceptors (Lipinski definition) is 5. The lowest BCUT2D eigenvalue weighted by Crippen LogP contribution is -2.50. The summed E-state index contributed by atoms with van der Waals surface area (Å²) in [5.74, 6) is 0.423. The molecule has 1 amide bonds. The zero-order valence-electron chi connectivity index (χ0n) is 14.3. The van der Waals surface area contributed by atoms with E-state index in [1.54, 1.807) is 16.8 Å². The minimum absolute atomic E-state index is 0.105. The van der Waals surface area contributed by atoms with E-state index in [4.69, 9.17) is 16.3 Å². The third-order valence-electron chi connectivity index (χ3n) is 4.01. The molecule has 25 heavy (non-hydrogen) atoms. The number of carbonyl (C=O) groups excluding carboxylic acids is 1. The molecule has 3 rings (SSSR count). The van der Waals surface area contributed by atoms with E-state index in [0.717, 1.165) is 0 Å². The van der Waals surface area contributed by atoms with Crippen molar-refractivity contribution in [1.29, 1.82) is 0 Å². The second kappa shape index (κ2) is 6.41. The maximum absolute atomic E-state index is 12.4. The monoisotopic (exact) mass is 430 g/mol. The minimum atomic E-state index is -1.30. The van der Waals surface area contributed by atoms with Gasteiger partial charge in [0.05, 0.1) is 6.54 Å². The standard InChI is InChI=1S/C16H20BrClN4O3/c1-15(2,3)25-14(23)21-7-4-5-16(24,9-21)13-20-11(17)10-12(18)19-6-8-22(10)13/h6,8,24H,4-5,7,9H2,1-3H3. The topological polar surface area (TPSA) is 80.0 Å². The van der Waals surface area contributed by atoms with Crippen LogP contribution in [0, 0.1) is 0 Å². The van der Waals surface area contributed by atoms with Gasteiger partial charge in [-0.25, -0.2) is 14.8 Å². The number of likely N-dealkylation sites (tertiary alicyclic amines) is 1. The van der Waals surface area contributed by atoms with E-state index in [1.165, 1.54) is 4.90 Å². The van der Waals surface area contributed by atoms with Gasteiger partial charge in [-0.1, -0.05) is 11.6 Å². The van der Waals surface area contributed by atoms with E-state index >= 15 is 0 Å². The Morgan fingerprint density at radius 2 is 2.20 bits per heavy atom. The second-order valence-corrected chi connectivity index (χ2v) is 8.31. The normalized spacial score (nSPS) is 21.6. The number of rotatable bonds is 1. The van der Waals surface area contributed by atoms with Crippen molar-refractivity contribution in [3.8, 4) is 0 Å². The molecular weight excluding hydrogens is 412 g/mol. The van der Waals surface area contributed by atoms with Gasteiger partial charge >= 0.3 is 6.09 Å². The molecule has 0 aliphatic carbocycles. The smallest absolute Gasteiger partial charge is 0.410 e. The molecule has 0 radical (unpaired) electrons. The molecule has 0 aromatic carbocycles. The number of hydrogen-bond donors (Lipinski definition) is 1. The van der Waals surface area contributed by atoms with Crippen LogP contribution in [0.25, 0.3) is 5.52 Å². The molecule has 1 N–H and O–H groups in total. The van der Waals surface area contributed by atoms with Crippen LogP contribution >= 0.6 is 27.5 Å². The fourth-order valence-electron chi connectivity index (χ4n) is 2.99. The SMILES string of the molecule is CC(C)(C)OC(=O)N1CCCC(O)(c2nc(Br)c3c(Cl)nccn23)C1. The van der Waals surface area contributed by atoms with Crippen LogP contribution in [0.4, 0.5) is 4.79 Å². The number of nitrogens with zero attached hydrogens (tertiary/aromatic N) is 4. The van der Waals surface area contributed by atoms with Crippen LogP contribution in [0.3, 0.4) is 0 Å². The maximum Gasteiger partial charge on any atom is 0.410 e. The summed E-state index contributed by atoms with van der Waals surface area (Å²) in [5, 5.41) is 11.5. The van der Waals surface area contributed by atoms with Crippen LogP contribution in [0.2, 0.25) is 5.15 Å². The van der Waals surface area contributed by atoms with Gasteiger partial charge in [0.25, 0.3) is 0 Å². The number of aromatic nitrogens is 3. The molecule has 2 aromatic rings. The van der Waals surface area contributed by atoms with Crippen LogP contribution in [0.5, 0.6) is 0 Å². The Morgan fingerprint density at radius 3 is 2.88 bits per heavy atom. The van der Waals surface area contributed by atoms with Gasteiger partial charge in [-0.05, 0) is 49.5 Å².